The smallest absolute Gasteiger partial charge is 0.0436 e. The summed E-state index contributed by atoms with van der Waals surface area (Å²) in [6.07, 6.45) is 9.02. The lowest BCUT2D eigenvalue weighted by atomic mass is 9.97. The van der Waals surface area contributed by atoms with Crippen LogP contribution in [0.2, 0.25) is 0 Å². The summed E-state index contributed by atoms with van der Waals surface area (Å²) in [5.74, 6) is 1.60. The molecule has 0 aromatic rings. The molecule has 0 heterocycles. The zero-order chi connectivity index (χ0) is 7.23. The summed E-state index contributed by atoms with van der Waals surface area (Å²) in [6, 6.07) is 0. The van der Waals surface area contributed by atoms with E-state index >= 15 is 0 Å². The highest BCUT2D eigenvalue weighted by atomic mass is 16.3. The molecule has 0 amide bonds. The number of hydrogen-bond acceptors (Lipinski definition) is 1. The summed E-state index contributed by atoms with van der Waals surface area (Å²) in [5.41, 5.74) is 0. The van der Waals surface area contributed by atoms with Crippen LogP contribution >= 0.6 is 0 Å². The van der Waals surface area contributed by atoms with Gasteiger partial charge in [0.1, 0.15) is 0 Å². The van der Waals surface area contributed by atoms with Crippen molar-refractivity contribution in [3.8, 4) is 0 Å². The second-order valence-electron chi connectivity index (χ2n) is 3.14. The Kier molecular flexibility index (Phi) is 3.81. The SMILES string of the molecule is OCC[C]1CCCCCC1. The molecule has 59 valence electrons. The molecule has 10 heavy (non-hydrogen) atoms. The molecule has 1 aliphatic carbocycles. The van der Waals surface area contributed by atoms with Crippen molar-refractivity contribution in [1.29, 1.82) is 0 Å². The molecule has 1 N–H and O–H groups in total. The van der Waals surface area contributed by atoms with Crippen LogP contribution in [0.1, 0.15) is 44.9 Å². The maximum absolute atomic E-state index is 8.69. The van der Waals surface area contributed by atoms with Crippen molar-refractivity contribution in [2.24, 2.45) is 0 Å². The Labute approximate surface area is 63.4 Å². The molecule has 1 nitrogen and oxygen atoms in total. The third-order valence-electron chi connectivity index (χ3n) is 2.28. The Morgan fingerprint density at radius 2 is 1.60 bits per heavy atom. The first-order valence-corrected chi connectivity index (χ1v) is 4.38. The lowest BCUT2D eigenvalue weighted by molar-refractivity contribution is 0.287. The molecule has 1 radical (unpaired) electrons. The lowest BCUT2D eigenvalue weighted by Gasteiger charge is -2.09. The van der Waals surface area contributed by atoms with Crippen LogP contribution in [0.4, 0.5) is 0 Å². The topological polar surface area (TPSA) is 20.2 Å². The zero-order valence-electron chi connectivity index (χ0n) is 6.60. The summed E-state index contributed by atoms with van der Waals surface area (Å²) in [6.45, 7) is 0.356. The first-order valence-electron chi connectivity index (χ1n) is 4.38. The molecule has 1 saturated carbocycles. The third kappa shape index (κ3) is 2.70. The minimum atomic E-state index is 0.356. The van der Waals surface area contributed by atoms with Crippen LogP contribution in [0.15, 0.2) is 0 Å². The van der Waals surface area contributed by atoms with Crippen molar-refractivity contribution >= 4 is 0 Å². The third-order valence-corrected chi connectivity index (χ3v) is 2.28. The van der Waals surface area contributed by atoms with Crippen molar-refractivity contribution in [1.82, 2.24) is 0 Å². The number of rotatable bonds is 2. The second kappa shape index (κ2) is 4.73. The fourth-order valence-corrected chi connectivity index (χ4v) is 1.64. The molecule has 0 aliphatic heterocycles. The Bertz CT molecular complexity index is 72.8. The molecule has 0 atom stereocenters. The van der Waals surface area contributed by atoms with Gasteiger partial charge >= 0.3 is 0 Å². The molecule has 0 saturated heterocycles. The Hall–Kier alpha value is -0.0400. The van der Waals surface area contributed by atoms with Crippen LogP contribution in [-0.4, -0.2) is 11.7 Å². The predicted octanol–water partition coefficient (Wildman–Crippen LogP) is 2.30. The molecular weight excluding hydrogens is 124 g/mol. The van der Waals surface area contributed by atoms with Crippen molar-refractivity contribution in [3.63, 3.8) is 0 Å². The molecule has 1 heteroatoms. The summed E-state index contributed by atoms with van der Waals surface area (Å²) in [5, 5.41) is 8.69. The van der Waals surface area contributed by atoms with Gasteiger partial charge in [-0.1, -0.05) is 25.7 Å². The maximum Gasteiger partial charge on any atom is 0.0436 e. The van der Waals surface area contributed by atoms with E-state index in [4.69, 9.17) is 5.11 Å². The van der Waals surface area contributed by atoms with E-state index in [1.165, 1.54) is 38.5 Å². The monoisotopic (exact) mass is 141 g/mol. The minimum Gasteiger partial charge on any atom is -0.396 e. The molecule has 0 unspecified atom stereocenters. The highest BCUT2D eigenvalue weighted by molar-refractivity contribution is 4.90. The van der Waals surface area contributed by atoms with Gasteiger partial charge in [0.25, 0.3) is 0 Å². The van der Waals surface area contributed by atoms with E-state index in [1.54, 1.807) is 5.92 Å². The number of hydrogen-bond donors (Lipinski definition) is 1. The molecule has 1 aliphatic rings. The van der Waals surface area contributed by atoms with E-state index in [-0.39, 0.29) is 0 Å². The predicted molar refractivity (Wildman–Crippen MR) is 42.6 cm³/mol. The van der Waals surface area contributed by atoms with Crippen LogP contribution in [0.5, 0.6) is 0 Å². The van der Waals surface area contributed by atoms with Gasteiger partial charge in [-0.05, 0) is 25.2 Å². The van der Waals surface area contributed by atoms with Gasteiger partial charge in [0, 0.05) is 6.61 Å². The second-order valence-corrected chi connectivity index (χ2v) is 3.14. The van der Waals surface area contributed by atoms with E-state index in [0.717, 1.165) is 6.42 Å². The molecule has 1 rings (SSSR count). The van der Waals surface area contributed by atoms with Crippen LogP contribution in [-0.2, 0) is 0 Å². The average molecular weight is 141 g/mol. The molecule has 0 aromatic heterocycles. The van der Waals surface area contributed by atoms with Gasteiger partial charge in [-0.2, -0.15) is 0 Å². The van der Waals surface area contributed by atoms with Gasteiger partial charge in [-0.15, -0.1) is 0 Å². The van der Waals surface area contributed by atoms with E-state index in [1.807, 2.05) is 0 Å². The van der Waals surface area contributed by atoms with Gasteiger partial charge in [0.15, 0.2) is 0 Å². The Morgan fingerprint density at radius 3 is 2.10 bits per heavy atom. The van der Waals surface area contributed by atoms with Gasteiger partial charge in [0.05, 0.1) is 0 Å². The van der Waals surface area contributed by atoms with Crippen molar-refractivity contribution in [2.75, 3.05) is 6.61 Å². The largest absolute Gasteiger partial charge is 0.396 e. The Balaban J connectivity index is 2.15. The first kappa shape index (κ1) is 8.06. The van der Waals surface area contributed by atoms with Gasteiger partial charge in [-0.3, -0.25) is 0 Å². The molecule has 0 spiro atoms. The van der Waals surface area contributed by atoms with Gasteiger partial charge in [0.2, 0.25) is 0 Å². The van der Waals surface area contributed by atoms with Crippen LogP contribution in [0.25, 0.3) is 0 Å². The molecule has 1 fully saturated rings. The van der Waals surface area contributed by atoms with Crippen LogP contribution in [0.3, 0.4) is 0 Å². The Morgan fingerprint density at radius 1 is 1.00 bits per heavy atom. The normalized spacial score (nSPS) is 22.5. The summed E-state index contributed by atoms with van der Waals surface area (Å²) >= 11 is 0. The maximum atomic E-state index is 8.69. The quantitative estimate of drug-likeness (QED) is 0.585. The van der Waals surface area contributed by atoms with E-state index in [9.17, 15) is 0 Å². The standard InChI is InChI=1S/C9H17O/c10-8-7-9-5-3-1-2-4-6-9/h10H,1-8H2. The highest BCUT2D eigenvalue weighted by Gasteiger charge is 2.10. The van der Waals surface area contributed by atoms with Crippen molar-refractivity contribution in [2.45, 2.75) is 44.9 Å². The molecule has 0 bridgehead atoms. The van der Waals surface area contributed by atoms with E-state index < -0.39 is 0 Å². The van der Waals surface area contributed by atoms with E-state index in [2.05, 4.69) is 0 Å². The first-order chi connectivity index (χ1) is 4.93. The van der Waals surface area contributed by atoms with Crippen molar-refractivity contribution in [3.05, 3.63) is 5.92 Å². The van der Waals surface area contributed by atoms with Crippen molar-refractivity contribution < 1.29 is 5.11 Å². The molecular formula is C9H17O. The lowest BCUT2D eigenvalue weighted by Crippen LogP contribution is -1.98. The van der Waals surface area contributed by atoms with Gasteiger partial charge in [-0.25, -0.2) is 0 Å². The summed E-state index contributed by atoms with van der Waals surface area (Å²) in [4.78, 5) is 0. The highest BCUT2D eigenvalue weighted by Crippen LogP contribution is 2.26. The zero-order valence-corrected chi connectivity index (χ0v) is 6.60. The summed E-state index contributed by atoms with van der Waals surface area (Å²) < 4.78 is 0. The van der Waals surface area contributed by atoms with E-state index in [0.29, 0.717) is 6.61 Å². The minimum absolute atomic E-state index is 0.356. The van der Waals surface area contributed by atoms with Crippen LogP contribution in [0, 0.1) is 5.92 Å². The number of aliphatic hydroxyl groups is 1. The molecule has 0 aromatic carbocycles. The fourth-order valence-electron chi connectivity index (χ4n) is 1.64. The summed E-state index contributed by atoms with van der Waals surface area (Å²) in [7, 11) is 0. The average Bonchev–Trinajstić information content (AvgIpc) is 2.17. The fraction of sp³-hybridized carbons (Fsp3) is 0.889. The number of aliphatic hydroxyl groups excluding tert-OH is 1. The van der Waals surface area contributed by atoms with Crippen LogP contribution < -0.4 is 0 Å². The van der Waals surface area contributed by atoms with Gasteiger partial charge < -0.3 is 5.11 Å².